The SMILES string of the molecule is CC1c2ccc(C(=O)NCc3c(F)cc(F)cc3F)cc2N(Cc2c(Cl)ccc(F)c2F)C(=O)N1C. The molecule has 1 aliphatic rings. The van der Waals surface area contributed by atoms with Gasteiger partial charge in [-0.25, -0.2) is 26.7 Å². The Labute approximate surface area is 208 Å². The van der Waals surface area contributed by atoms with Crippen molar-refractivity contribution < 1.29 is 31.5 Å². The predicted molar refractivity (Wildman–Crippen MR) is 123 cm³/mol. The number of carbonyl (C=O) groups excluding carboxylic acids is 2. The maximum Gasteiger partial charge on any atom is 0.325 e. The van der Waals surface area contributed by atoms with Crippen LogP contribution in [-0.2, 0) is 13.1 Å². The summed E-state index contributed by atoms with van der Waals surface area (Å²) < 4.78 is 69.3. The third kappa shape index (κ3) is 4.60. The first-order chi connectivity index (χ1) is 17.0. The Morgan fingerprint density at radius 2 is 1.64 bits per heavy atom. The van der Waals surface area contributed by atoms with Crippen molar-refractivity contribution in [2.45, 2.75) is 26.1 Å². The lowest BCUT2D eigenvalue weighted by Gasteiger charge is -2.39. The number of rotatable bonds is 5. The van der Waals surface area contributed by atoms with Crippen LogP contribution in [0.1, 0.15) is 40.0 Å². The molecule has 3 aromatic rings. The van der Waals surface area contributed by atoms with Crippen LogP contribution in [0.25, 0.3) is 0 Å². The van der Waals surface area contributed by atoms with Gasteiger partial charge >= 0.3 is 6.03 Å². The Morgan fingerprint density at radius 1 is 0.972 bits per heavy atom. The fourth-order valence-electron chi connectivity index (χ4n) is 3.98. The van der Waals surface area contributed by atoms with Gasteiger partial charge in [-0.1, -0.05) is 17.7 Å². The van der Waals surface area contributed by atoms with Gasteiger partial charge in [-0.05, 0) is 36.8 Å². The Morgan fingerprint density at radius 3 is 2.31 bits per heavy atom. The summed E-state index contributed by atoms with van der Waals surface area (Å²) >= 11 is 6.07. The number of hydrogen-bond donors (Lipinski definition) is 1. The van der Waals surface area contributed by atoms with Gasteiger partial charge in [0.05, 0.1) is 18.3 Å². The average molecular weight is 524 g/mol. The highest BCUT2D eigenvalue weighted by molar-refractivity contribution is 6.31. The number of amides is 3. The van der Waals surface area contributed by atoms with Crippen LogP contribution in [0.15, 0.2) is 42.5 Å². The summed E-state index contributed by atoms with van der Waals surface area (Å²) in [5.74, 6) is -6.45. The number of nitrogens with one attached hydrogen (secondary N) is 1. The summed E-state index contributed by atoms with van der Waals surface area (Å²) in [5.41, 5.74) is 0.161. The first kappa shape index (κ1) is 25.4. The second kappa shape index (κ2) is 9.77. The van der Waals surface area contributed by atoms with E-state index >= 15 is 0 Å². The van der Waals surface area contributed by atoms with E-state index in [1.807, 2.05) is 0 Å². The Hall–Kier alpha value is -3.66. The van der Waals surface area contributed by atoms with E-state index in [1.54, 1.807) is 20.0 Å². The summed E-state index contributed by atoms with van der Waals surface area (Å²) in [6, 6.07) is 6.52. The third-order valence-electron chi connectivity index (χ3n) is 6.13. The predicted octanol–water partition coefficient (Wildman–Crippen LogP) is 6.10. The number of hydrogen-bond acceptors (Lipinski definition) is 2. The lowest BCUT2D eigenvalue weighted by Crippen LogP contribution is -2.46. The van der Waals surface area contributed by atoms with E-state index in [9.17, 15) is 31.5 Å². The molecule has 1 heterocycles. The highest BCUT2D eigenvalue weighted by Gasteiger charge is 2.34. The van der Waals surface area contributed by atoms with E-state index in [2.05, 4.69) is 5.32 Å². The third-order valence-corrected chi connectivity index (χ3v) is 6.49. The first-order valence-corrected chi connectivity index (χ1v) is 11.1. The zero-order valence-electron chi connectivity index (χ0n) is 19.0. The highest BCUT2D eigenvalue weighted by atomic mass is 35.5. The summed E-state index contributed by atoms with van der Waals surface area (Å²) in [7, 11) is 1.54. The molecule has 0 saturated carbocycles. The average Bonchev–Trinajstić information content (AvgIpc) is 2.83. The highest BCUT2D eigenvalue weighted by Crippen LogP contribution is 2.38. The van der Waals surface area contributed by atoms with Gasteiger partial charge in [-0.2, -0.15) is 0 Å². The first-order valence-electron chi connectivity index (χ1n) is 10.7. The molecule has 0 radical (unpaired) electrons. The zero-order valence-corrected chi connectivity index (χ0v) is 19.8. The van der Waals surface area contributed by atoms with E-state index < -0.39 is 65.7 Å². The molecule has 5 nitrogen and oxygen atoms in total. The van der Waals surface area contributed by atoms with Gasteiger partial charge in [0.1, 0.15) is 17.5 Å². The number of fused-ring (bicyclic) bond motifs is 1. The number of halogens is 6. The summed E-state index contributed by atoms with van der Waals surface area (Å²) in [6.45, 7) is 0.784. The fraction of sp³-hybridized carbons (Fsp3) is 0.200. The molecule has 188 valence electrons. The summed E-state index contributed by atoms with van der Waals surface area (Å²) in [5, 5.41) is 2.28. The van der Waals surface area contributed by atoms with E-state index in [1.165, 1.54) is 23.1 Å². The maximum atomic E-state index is 14.5. The van der Waals surface area contributed by atoms with Crippen LogP contribution in [0.4, 0.5) is 32.4 Å². The topological polar surface area (TPSA) is 52.7 Å². The van der Waals surface area contributed by atoms with Gasteiger partial charge in [0.25, 0.3) is 5.91 Å². The van der Waals surface area contributed by atoms with Crippen molar-refractivity contribution in [1.82, 2.24) is 10.2 Å². The molecule has 1 unspecified atom stereocenters. The van der Waals surface area contributed by atoms with Crippen LogP contribution in [0.2, 0.25) is 5.02 Å². The molecule has 0 aromatic heterocycles. The number of urea groups is 1. The normalized spacial score (nSPS) is 15.2. The van der Waals surface area contributed by atoms with Gasteiger partial charge in [0.2, 0.25) is 0 Å². The van der Waals surface area contributed by atoms with Crippen molar-refractivity contribution >= 4 is 29.2 Å². The standard InChI is InChI=1S/C25H19ClF5N3O2/c1-12-15-4-3-13(24(35)32-10-16-20(29)8-14(27)9-21(16)30)7-22(15)34(25(36)33(12)2)11-17-18(26)5-6-19(28)23(17)31/h3-9,12H,10-11H2,1-2H3,(H,32,35). The molecule has 1 atom stereocenters. The molecule has 1 aliphatic heterocycles. The Kier molecular flexibility index (Phi) is 6.90. The molecule has 0 aliphatic carbocycles. The minimum atomic E-state index is -1.20. The molecule has 4 rings (SSSR count). The van der Waals surface area contributed by atoms with Crippen molar-refractivity contribution in [3.63, 3.8) is 0 Å². The van der Waals surface area contributed by atoms with Gasteiger partial charge < -0.3 is 10.2 Å². The molecule has 0 fully saturated rings. The largest absolute Gasteiger partial charge is 0.348 e. The van der Waals surface area contributed by atoms with Crippen LogP contribution in [0.5, 0.6) is 0 Å². The number of benzene rings is 3. The minimum absolute atomic E-state index is 0.0389. The van der Waals surface area contributed by atoms with Crippen LogP contribution >= 0.6 is 11.6 Å². The van der Waals surface area contributed by atoms with Gasteiger partial charge in [0, 0.05) is 47.4 Å². The summed E-state index contributed by atoms with van der Waals surface area (Å²) in [4.78, 5) is 28.4. The molecular weight excluding hydrogens is 505 g/mol. The second-order valence-corrected chi connectivity index (χ2v) is 8.69. The smallest absolute Gasteiger partial charge is 0.325 e. The molecule has 3 amide bonds. The number of nitrogens with zero attached hydrogens (tertiary/aromatic N) is 2. The summed E-state index contributed by atoms with van der Waals surface area (Å²) in [6.07, 6.45) is 0. The Balaban J connectivity index is 1.67. The van der Waals surface area contributed by atoms with Crippen molar-refractivity contribution in [3.05, 3.63) is 98.8 Å². The van der Waals surface area contributed by atoms with E-state index in [0.29, 0.717) is 17.7 Å². The lowest BCUT2D eigenvalue weighted by molar-refractivity contribution is 0.0950. The Bertz CT molecular complexity index is 1360. The van der Waals surface area contributed by atoms with Crippen molar-refractivity contribution in [3.8, 4) is 0 Å². The molecule has 36 heavy (non-hydrogen) atoms. The maximum absolute atomic E-state index is 14.5. The molecule has 3 aromatic carbocycles. The van der Waals surface area contributed by atoms with Crippen molar-refractivity contribution in [2.24, 2.45) is 0 Å². The van der Waals surface area contributed by atoms with Crippen molar-refractivity contribution in [1.29, 1.82) is 0 Å². The van der Waals surface area contributed by atoms with Crippen molar-refractivity contribution in [2.75, 3.05) is 11.9 Å². The lowest BCUT2D eigenvalue weighted by atomic mass is 9.98. The van der Waals surface area contributed by atoms with Gasteiger partial charge in [-0.15, -0.1) is 0 Å². The molecule has 0 bridgehead atoms. The molecular formula is C25H19ClF5N3O2. The van der Waals surface area contributed by atoms with E-state index in [-0.39, 0.29) is 21.8 Å². The zero-order chi connectivity index (χ0) is 26.3. The minimum Gasteiger partial charge on any atom is -0.348 e. The number of anilines is 1. The van der Waals surface area contributed by atoms with Crippen LogP contribution < -0.4 is 10.2 Å². The monoisotopic (exact) mass is 523 g/mol. The van der Waals surface area contributed by atoms with Crippen LogP contribution in [0.3, 0.4) is 0 Å². The molecule has 1 N–H and O–H groups in total. The number of carbonyl (C=O) groups is 2. The fourth-order valence-corrected chi connectivity index (χ4v) is 4.18. The van der Waals surface area contributed by atoms with Crippen LogP contribution in [-0.4, -0.2) is 23.9 Å². The van der Waals surface area contributed by atoms with E-state index in [0.717, 1.165) is 11.0 Å². The van der Waals surface area contributed by atoms with Crippen LogP contribution in [0, 0.1) is 29.1 Å². The molecule has 0 saturated heterocycles. The van der Waals surface area contributed by atoms with E-state index in [4.69, 9.17) is 11.6 Å². The molecule has 11 heteroatoms. The second-order valence-electron chi connectivity index (χ2n) is 8.28. The quantitative estimate of drug-likeness (QED) is 0.325. The molecule has 0 spiro atoms. The van der Waals surface area contributed by atoms with Gasteiger partial charge in [-0.3, -0.25) is 9.69 Å². The van der Waals surface area contributed by atoms with Gasteiger partial charge in [0.15, 0.2) is 11.6 Å².